The van der Waals surface area contributed by atoms with Crippen LogP contribution in [0.2, 0.25) is 5.02 Å². The molecule has 0 unspecified atom stereocenters. The SMILES string of the molecule is COc1ccc(CNCc2cc(Cl)c(OC)c(OC)c2)cc1OC. The van der Waals surface area contributed by atoms with Gasteiger partial charge < -0.3 is 24.3 Å². The number of hydrogen-bond donors (Lipinski definition) is 1. The standard InChI is InChI=1S/C18H22ClNO4/c1-21-15-6-5-12(8-16(15)22-2)10-20-11-13-7-14(19)18(24-4)17(9-13)23-3/h5-9,20H,10-11H2,1-4H3. The van der Waals surface area contributed by atoms with E-state index in [0.29, 0.717) is 41.1 Å². The Morgan fingerprint density at radius 3 is 2.00 bits per heavy atom. The Morgan fingerprint density at radius 1 is 0.750 bits per heavy atom. The fourth-order valence-corrected chi connectivity index (χ4v) is 2.73. The second-order valence-corrected chi connectivity index (χ2v) is 5.51. The minimum atomic E-state index is 0.528. The molecule has 0 bridgehead atoms. The highest BCUT2D eigenvalue weighted by Gasteiger charge is 2.11. The van der Waals surface area contributed by atoms with Gasteiger partial charge in [0.2, 0.25) is 0 Å². The molecule has 0 aromatic heterocycles. The van der Waals surface area contributed by atoms with Crippen LogP contribution < -0.4 is 24.3 Å². The Hall–Kier alpha value is -2.11. The summed E-state index contributed by atoms with van der Waals surface area (Å²) >= 11 is 6.22. The van der Waals surface area contributed by atoms with Crippen LogP contribution in [-0.4, -0.2) is 28.4 Å². The van der Waals surface area contributed by atoms with E-state index in [-0.39, 0.29) is 0 Å². The lowest BCUT2D eigenvalue weighted by Crippen LogP contribution is -2.13. The van der Waals surface area contributed by atoms with Gasteiger partial charge in [0.05, 0.1) is 33.5 Å². The summed E-state index contributed by atoms with van der Waals surface area (Å²) < 4.78 is 21.1. The zero-order valence-corrected chi connectivity index (χ0v) is 15.1. The maximum atomic E-state index is 6.22. The Balaban J connectivity index is 2.03. The van der Waals surface area contributed by atoms with Gasteiger partial charge >= 0.3 is 0 Å². The van der Waals surface area contributed by atoms with E-state index in [9.17, 15) is 0 Å². The van der Waals surface area contributed by atoms with Gasteiger partial charge in [0, 0.05) is 13.1 Å². The van der Waals surface area contributed by atoms with Gasteiger partial charge in [0.25, 0.3) is 0 Å². The number of halogens is 1. The number of benzene rings is 2. The summed E-state index contributed by atoms with van der Waals surface area (Å²) in [6.45, 7) is 1.33. The number of ether oxygens (including phenoxy) is 4. The van der Waals surface area contributed by atoms with Crippen LogP contribution >= 0.6 is 11.6 Å². The first-order valence-corrected chi connectivity index (χ1v) is 7.82. The topological polar surface area (TPSA) is 49.0 Å². The largest absolute Gasteiger partial charge is 0.493 e. The van der Waals surface area contributed by atoms with Crippen LogP contribution in [0.5, 0.6) is 23.0 Å². The average Bonchev–Trinajstić information content (AvgIpc) is 2.60. The number of nitrogens with one attached hydrogen (secondary N) is 1. The molecule has 1 N–H and O–H groups in total. The van der Waals surface area contributed by atoms with Crippen molar-refractivity contribution in [3.8, 4) is 23.0 Å². The second-order valence-electron chi connectivity index (χ2n) is 5.11. The summed E-state index contributed by atoms with van der Waals surface area (Å²) in [6, 6.07) is 9.61. The van der Waals surface area contributed by atoms with Crippen molar-refractivity contribution in [2.75, 3.05) is 28.4 Å². The van der Waals surface area contributed by atoms with Crippen LogP contribution in [0.25, 0.3) is 0 Å². The van der Waals surface area contributed by atoms with Crippen molar-refractivity contribution in [3.63, 3.8) is 0 Å². The summed E-state index contributed by atoms with van der Waals surface area (Å²) in [5, 5.41) is 3.90. The van der Waals surface area contributed by atoms with Crippen molar-refractivity contribution >= 4 is 11.6 Å². The van der Waals surface area contributed by atoms with E-state index in [1.165, 1.54) is 0 Å². The molecule has 2 aromatic carbocycles. The Morgan fingerprint density at radius 2 is 1.38 bits per heavy atom. The average molecular weight is 352 g/mol. The molecule has 0 radical (unpaired) electrons. The van der Waals surface area contributed by atoms with Gasteiger partial charge in [0.15, 0.2) is 23.0 Å². The molecular formula is C18H22ClNO4. The highest BCUT2D eigenvalue weighted by Crippen LogP contribution is 2.36. The fourth-order valence-electron chi connectivity index (χ4n) is 2.42. The number of rotatable bonds is 8. The van der Waals surface area contributed by atoms with Crippen molar-refractivity contribution in [2.45, 2.75) is 13.1 Å². The van der Waals surface area contributed by atoms with Gasteiger partial charge in [0.1, 0.15) is 0 Å². The Kier molecular flexibility index (Phi) is 6.58. The molecule has 0 aliphatic heterocycles. The zero-order valence-electron chi connectivity index (χ0n) is 14.3. The molecule has 130 valence electrons. The van der Waals surface area contributed by atoms with Crippen LogP contribution in [0.1, 0.15) is 11.1 Å². The lowest BCUT2D eigenvalue weighted by atomic mass is 10.1. The molecule has 2 aromatic rings. The number of methoxy groups -OCH3 is 4. The highest BCUT2D eigenvalue weighted by atomic mass is 35.5. The van der Waals surface area contributed by atoms with Crippen molar-refractivity contribution in [1.29, 1.82) is 0 Å². The number of hydrogen-bond acceptors (Lipinski definition) is 5. The van der Waals surface area contributed by atoms with Gasteiger partial charge in [-0.3, -0.25) is 0 Å². The van der Waals surface area contributed by atoms with E-state index in [1.54, 1.807) is 28.4 Å². The first-order valence-electron chi connectivity index (χ1n) is 7.45. The normalized spacial score (nSPS) is 10.4. The fraction of sp³-hybridized carbons (Fsp3) is 0.333. The molecule has 0 spiro atoms. The minimum Gasteiger partial charge on any atom is -0.493 e. The lowest BCUT2D eigenvalue weighted by Gasteiger charge is -2.13. The molecule has 2 rings (SSSR count). The molecule has 0 atom stereocenters. The van der Waals surface area contributed by atoms with E-state index in [1.807, 2.05) is 30.3 Å². The predicted octanol–water partition coefficient (Wildman–Crippen LogP) is 3.66. The molecule has 0 fully saturated rings. The second kappa shape index (κ2) is 8.66. The third-order valence-electron chi connectivity index (χ3n) is 3.60. The Bertz CT molecular complexity index is 691. The molecule has 0 aliphatic rings. The zero-order chi connectivity index (χ0) is 17.5. The molecule has 5 nitrogen and oxygen atoms in total. The van der Waals surface area contributed by atoms with Crippen LogP contribution in [-0.2, 0) is 13.1 Å². The molecule has 0 saturated heterocycles. The summed E-state index contributed by atoms with van der Waals surface area (Å²) in [7, 11) is 6.41. The van der Waals surface area contributed by atoms with Gasteiger partial charge in [-0.15, -0.1) is 0 Å². The monoisotopic (exact) mass is 351 g/mol. The van der Waals surface area contributed by atoms with Crippen LogP contribution in [0.15, 0.2) is 30.3 Å². The lowest BCUT2D eigenvalue weighted by molar-refractivity contribution is 0.354. The van der Waals surface area contributed by atoms with Crippen molar-refractivity contribution in [1.82, 2.24) is 5.32 Å². The van der Waals surface area contributed by atoms with E-state index >= 15 is 0 Å². The minimum absolute atomic E-state index is 0.528. The van der Waals surface area contributed by atoms with Crippen molar-refractivity contribution in [2.24, 2.45) is 0 Å². The highest BCUT2D eigenvalue weighted by molar-refractivity contribution is 6.32. The van der Waals surface area contributed by atoms with Gasteiger partial charge in [-0.1, -0.05) is 17.7 Å². The van der Waals surface area contributed by atoms with Gasteiger partial charge in [-0.25, -0.2) is 0 Å². The van der Waals surface area contributed by atoms with Crippen molar-refractivity contribution in [3.05, 3.63) is 46.5 Å². The van der Waals surface area contributed by atoms with Gasteiger partial charge in [-0.2, -0.15) is 0 Å². The van der Waals surface area contributed by atoms with Crippen LogP contribution in [0.4, 0.5) is 0 Å². The van der Waals surface area contributed by atoms with E-state index in [2.05, 4.69) is 5.32 Å². The summed E-state index contributed by atoms with van der Waals surface area (Å²) in [5.74, 6) is 2.59. The van der Waals surface area contributed by atoms with E-state index < -0.39 is 0 Å². The maximum Gasteiger partial charge on any atom is 0.179 e. The Labute approximate surface area is 147 Å². The summed E-state index contributed by atoms with van der Waals surface area (Å²) in [4.78, 5) is 0. The van der Waals surface area contributed by atoms with Crippen molar-refractivity contribution < 1.29 is 18.9 Å². The molecule has 0 saturated carbocycles. The molecule has 24 heavy (non-hydrogen) atoms. The quantitative estimate of drug-likeness (QED) is 0.786. The first-order chi connectivity index (χ1) is 11.6. The third-order valence-corrected chi connectivity index (χ3v) is 3.88. The summed E-state index contributed by atoms with van der Waals surface area (Å²) in [6.07, 6.45) is 0. The van der Waals surface area contributed by atoms with Gasteiger partial charge in [-0.05, 0) is 35.4 Å². The van der Waals surface area contributed by atoms with E-state index in [4.69, 9.17) is 30.5 Å². The maximum absolute atomic E-state index is 6.22. The first kappa shape index (κ1) is 18.2. The van der Waals surface area contributed by atoms with E-state index in [0.717, 1.165) is 11.1 Å². The predicted molar refractivity (Wildman–Crippen MR) is 94.6 cm³/mol. The molecular weight excluding hydrogens is 330 g/mol. The molecule has 6 heteroatoms. The smallest absolute Gasteiger partial charge is 0.179 e. The molecule has 0 aliphatic carbocycles. The third kappa shape index (κ3) is 4.24. The molecule has 0 heterocycles. The van der Waals surface area contributed by atoms with Crippen LogP contribution in [0.3, 0.4) is 0 Å². The molecule has 0 amide bonds. The van der Waals surface area contributed by atoms with Crippen LogP contribution in [0, 0.1) is 0 Å². The summed E-state index contributed by atoms with van der Waals surface area (Å²) in [5.41, 5.74) is 2.11.